The minimum atomic E-state index is -0.0521. The lowest BCUT2D eigenvalue weighted by molar-refractivity contribution is 0.928. The molecule has 4 bridgehead atoms. The van der Waals surface area contributed by atoms with E-state index in [9.17, 15) is 0 Å². The molecule has 0 fully saturated rings. The van der Waals surface area contributed by atoms with Crippen LogP contribution in [0.1, 0.15) is 76.1 Å². The Bertz CT molecular complexity index is 2300. The van der Waals surface area contributed by atoms with Crippen molar-refractivity contribution in [2.45, 2.75) is 72.6 Å². The number of fused-ring (bicyclic) bond motifs is 6. The van der Waals surface area contributed by atoms with Gasteiger partial charge in [0.25, 0.3) is 0 Å². The molecule has 1 aliphatic carbocycles. The molecule has 8 rings (SSSR count). The summed E-state index contributed by atoms with van der Waals surface area (Å²) in [4.78, 5) is 1.33. The first-order chi connectivity index (χ1) is 22.9. The van der Waals surface area contributed by atoms with Crippen LogP contribution < -0.4 is 0 Å². The predicted octanol–water partition coefficient (Wildman–Crippen LogP) is 14.2. The van der Waals surface area contributed by atoms with Gasteiger partial charge in [0.05, 0.1) is 0 Å². The van der Waals surface area contributed by atoms with Crippen molar-refractivity contribution in [1.82, 2.24) is 0 Å². The minimum absolute atomic E-state index is 0.0521. The third-order valence-electron chi connectivity index (χ3n) is 9.73. The van der Waals surface area contributed by atoms with Crippen molar-refractivity contribution < 1.29 is 0 Å². The first-order valence-corrected chi connectivity index (χ1v) is 19.0. The predicted molar refractivity (Wildman–Crippen MR) is 215 cm³/mol. The summed E-state index contributed by atoms with van der Waals surface area (Å²) < 4.78 is 0. The van der Waals surface area contributed by atoms with Gasteiger partial charge in [-0.15, -0.1) is 0 Å². The third kappa shape index (κ3) is 5.49. The Morgan fingerprint density at radius 2 is 1.00 bits per heavy atom. The van der Waals surface area contributed by atoms with E-state index in [-0.39, 0.29) is 10.5 Å². The molecule has 0 saturated heterocycles. The van der Waals surface area contributed by atoms with Crippen molar-refractivity contribution in [3.8, 4) is 22.3 Å². The molecule has 0 saturated carbocycles. The van der Waals surface area contributed by atoms with Crippen molar-refractivity contribution in [2.75, 3.05) is 5.75 Å². The van der Waals surface area contributed by atoms with Crippen LogP contribution in [0.3, 0.4) is 0 Å². The Morgan fingerprint density at radius 3 is 1.60 bits per heavy atom. The lowest BCUT2D eigenvalue weighted by Gasteiger charge is -2.21. The van der Waals surface area contributed by atoms with E-state index in [0.717, 1.165) is 5.75 Å². The highest BCUT2D eigenvalue weighted by Crippen LogP contribution is 2.49. The lowest BCUT2D eigenvalue weighted by atomic mass is 9.82. The van der Waals surface area contributed by atoms with Crippen LogP contribution in [0.4, 0.5) is 0 Å². The summed E-state index contributed by atoms with van der Waals surface area (Å²) in [5.74, 6) is 5.91. The number of rotatable bonds is 3. The quantitative estimate of drug-likeness (QED) is 0.134. The SMILES string of the molecule is C=S(CC)c1ccc2c3c4cc(ccc4c(-c4ccc(C)c5ccccc45)c2c1)C(C)c1ccc2c(C)ccc-3c2c1.CC.CCC. The number of benzene rings is 7. The third-order valence-corrected chi connectivity index (χ3v) is 11.4. The first kappa shape index (κ1) is 32.7. The van der Waals surface area contributed by atoms with Crippen LogP contribution in [-0.4, -0.2) is 11.6 Å². The maximum Gasteiger partial charge on any atom is 0.00614 e. The van der Waals surface area contributed by atoms with Crippen LogP contribution in [-0.2, 0) is 0 Å². The fourth-order valence-corrected chi connectivity index (χ4v) is 8.16. The highest BCUT2D eigenvalue weighted by Gasteiger charge is 2.23. The highest BCUT2D eigenvalue weighted by atomic mass is 32.2. The molecule has 0 aromatic heterocycles. The van der Waals surface area contributed by atoms with E-state index < -0.39 is 0 Å². The zero-order valence-electron chi connectivity index (χ0n) is 29.4. The second-order valence-electron chi connectivity index (χ2n) is 12.7. The summed E-state index contributed by atoms with van der Waals surface area (Å²) in [6.45, 7) is 17.3. The molecule has 238 valence electrons. The van der Waals surface area contributed by atoms with E-state index in [1.807, 2.05) is 13.8 Å². The Hall–Kier alpha value is -4.20. The molecular weight excluding hydrogens is 585 g/mol. The van der Waals surface area contributed by atoms with Gasteiger partial charge in [0.2, 0.25) is 0 Å². The molecule has 7 aromatic carbocycles. The maximum absolute atomic E-state index is 4.55. The van der Waals surface area contributed by atoms with Gasteiger partial charge >= 0.3 is 0 Å². The molecular formula is C46H48S. The summed E-state index contributed by atoms with van der Waals surface area (Å²) >= 11 is 0. The second kappa shape index (κ2) is 13.5. The highest BCUT2D eigenvalue weighted by molar-refractivity contribution is 8.14. The molecule has 0 amide bonds. The summed E-state index contributed by atoms with van der Waals surface area (Å²) in [6.07, 6.45) is 1.25. The van der Waals surface area contributed by atoms with Crippen molar-refractivity contribution >= 4 is 59.4 Å². The number of aryl methyl sites for hydroxylation is 2. The average Bonchev–Trinajstić information content (AvgIpc) is 3.14. The summed E-state index contributed by atoms with van der Waals surface area (Å²) in [5.41, 5.74) is 10.7. The smallest absolute Gasteiger partial charge is 0.00614 e. The van der Waals surface area contributed by atoms with Gasteiger partial charge in [0.15, 0.2) is 0 Å². The van der Waals surface area contributed by atoms with Crippen LogP contribution in [0.5, 0.6) is 0 Å². The summed E-state index contributed by atoms with van der Waals surface area (Å²) in [6, 6.07) is 39.8. The molecule has 47 heavy (non-hydrogen) atoms. The van der Waals surface area contributed by atoms with Gasteiger partial charge in [-0.25, -0.2) is 0 Å². The van der Waals surface area contributed by atoms with Crippen LogP contribution in [0.15, 0.2) is 108 Å². The van der Waals surface area contributed by atoms with Gasteiger partial charge in [-0.2, -0.15) is 10.5 Å². The first-order valence-electron chi connectivity index (χ1n) is 17.4. The summed E-state index contributed by atoms with van der Waals surface area (Å²) in [7, 11) is -0.0521. The number of hydrogen-bond donors (Lipinski definition) is 0. The normalized spacial score (nSPS) is 13.9. The minimum Gasteiger partial charge on any atom is -0.162 e. The molecule has 1 aliphatic rings. The molecule has 0 heterocycles. The van der Waals surface area contributed by atoms with Crippen molar-refractivity contribution in [3.05, 3.63) is 125 Å². The number of hydrogen-bond acceptors (Lipinski definition) is 0. The molecule has 7 aromatic rings. The standard InChI is InChI=1S/C41H34S.C3H8.C2H6/c1-6-42(5)29-15-20-36-39(23-29)40(33-16-11-24(2)30-9-7-8-10-32(30)33)35-19-14-28-22-38(35)41(36)34-17-12-25(3)31-18-13-27(26(28)4)21-37(31)34;1-3-2;1-2/h7-23,26H,5-6H2,1-4H3;3H2,1-2H3;1-2H3. The zero-order valence-corrected chi connectivity index (χ0v) is 30.2. The van der Waals surface area contributed by atoms with Crippen molar-refractivity contribution in [1.29, 1.82) is 0 Å². The van der Waals surface area contributed by atoms with Gasteiger partial charge in [0.1, 0.15) is 0 Å². The van der Waals surface area contributed by atoms with Gasteiger partial charge < -0.3 is 0 Å². The maximum atomic E-state index is 4.55. The molecule has 1 heteroatoms. The molecule has 2 atom stereocenters. The molecule has 0 N–H and O–H groups in total. The fourth-order valence-electron chi connectivity index (χ4n) is 7.28. The van der Waals surface area contributed by atoms with Crippen LogP contribution in [0, 0.1) is 13.8 Å². The van der Waals surface area contributed by atoms with E-state index in [4.69, 9.17) is 0 Å². The Balaban J connectivity index is 0.000000733. The largest absolute Gasteiger partial charge is 0.162 e. The Morgan fingerprint density at radius 1 is 0.532 bits per heavy atom. The molecule has 0 spiro atoms. The van der Waals surface area contributed by atoms with Gasteiger partial charge in [-0.1, -0.05) is 133 Å². The van der Waals surface area contributed by atoms with Gasteiger partial charge in [-0.05, 0) is 131 Å². The monoisotopic (exact) mass is 632 g/mol. The second-order valence-corrected chi connectivity index (χ2v) is 14.7. The lowest BCUT2D eigenvalue weighted by Crippen LogP contribution is -1.96. The van der Waals surface area contributed by atoms with E-state index >= 15 is 0 Å². The summed E-state index contributed by atoms with van der Waals surface area (Å²) in [5, 5.41) is 10.6. The average molecular weight is 633 g/mol. The zero-order chi connectivity index (χ0) is 33.4. The molecule has 0 aliphatic heterocycles. The molecule has 2 unspecified atom stereocenters. The van der Waals surface area contributed by atoms with Crippen molar-refractivity contribution in [2.24, 2.45) is 0 Å². The van der Waals surface area contributed by atoms with Crippen LogP contribution >= 0.6 is 10.5 Å². The topological polar surface area (TPSA) is 0 Å². The van der Waals surface area contributed by atoms with E-state index in [0.29, 0.717) is 5.92 Å². The van der Waals surface area contributed by atoms with Crippen molar-refractivity contribution in [3.63, 3.8) is 0 Å². The Labute approximate surface area is 284 Å². The van der Waals surface area contributed by atoms with E-state index in [1.54, 1.807) is 0 Å². The molecule has 0 nitrogen and oxygen atoms in total. The molecule has 0 radical (unpaired) electrons. The van der Waals surface area contributed by atoms with E-state index in [1.165, 1.54) is 98.9 Å². The fraction of sp³-hybridized carbons (Fsp3) is 0.239. The Kier molecular flexibility index (Phi) is 9.40. The van der Waals surface area contributed by atoms with Gasteiger partial charge in [-0.3, -0.25) is 0 Å². The van der Waals surface area contributed by atoms with Crippen LogP contribution in [0.25, 0.3) is 65.3 Å². The van der Waals surface area contributed by atoms with Crippen LogP contribution in [0.2, 0.25) is 0 Å². The van der Waals surface area contributed by atoms with E-state index in [2.05, 4.69) is 151 Å². The van der Waals surface area contributed by atoms with Gasteiger partial charge in [0, 0.05) is 10.8 Å².